The van der Waals surface area contributed by atoms with E-state index in [-0.39, 0.29) is 5.91 Å². The Morgan fingerprint density at radius 2 is 1.54 bits per heavy atom. The smallest absolute Gasteiger partial charge is 0.328 e. The molecular formula is C32H33N3O6. The zero-order valence-electron chi connectivity index (χ0n) is 22.6. The van der Waals surface area contributed by atoms with Gasteiger partial charge in [0.15, 0.2) is 5.58 Å². The zero-order chi connectivity index (χ0) is 29.0. The van der Waals surface area contributed by atoms with Crippen molar-refractivity contribution in [1.82, 2.24) is 10.1 Å². The molecule has 1 aliphatic rings. The van der Waals surface area contributed by atoms with E-state index in [0.29, 0.717) is 29.0 Å². The molecule has 1 saturated heterocycles. The van der Waals surface area contributed by atoms with E-state index in [4.69, 9.17) is 14.7 Å². The number of aliphatic carboxylic acids is 2. The first-order valence-electron chi connectivity index (χ1n) is 13.5. The van der Waals surface area contributed by atoms with Crippen LogP contribution in [0.15, 0.2) is 95.5 Å². The summed E-state index contributed by atoms with van der Waals surface area (Å²) in [5, 5.41) is 23.9. The molecule has 0 radical (unpaired) electrons. The maximum Gasteiger partial charge on any atom is 0.328 e. The summed E-state index contributed by atoms with van der Waals surface area (Å²) < 4.78 is 5.59. The Balaban J connectivity index is 0.000000426. The van der Waals surface area contributed by atoms with Crippen molar-refractivity contribution in [3.8, 4) is 0 Å². The molecule has 4 aromatic rings. The minimum Gasteiger partial charge on any atom is -0.478 e. The normalized spacial score (nSPS) is 14.0. The van der Waals surface area contributed by atoms with Crippen LogP contribution in [0.1, 0.15) is 40.9 Å². The topological polar surface area (TPSA) is 133 Å². The van der Waals surface area contributed by atoms with E-state index in [2.05, 4.69) is 45.7 Å². The number of nitrogens with zero attached hydrogens (tertiary/aromatic N) is 2. The lowest BCUT2D eigenvalue weighted by atomic mass is 9.91. The van der Waals surface area contributed by atoms with Crippen LogP contribution >= 0.6 is 0 Å². The second-order valence-electron chi connectivity index (χ2n) is 9.91. The number of anilines is 1. The fourth-order valence-corrected chi connectivity index (χ4v) is 4.80. The number of aryl methyl sites for hydroxylation is 1. The first kappa shape index (κ1) is 29.2. The summed E-state index contributed by atoms with van der Waals surface area (Å²) >= 11 is 0. The zero-order valence-corrected chi connectivity index (χ0v) is 22.6. The molecule has 9 nitrogen and oxygen atoms in total. The highest BCUT2D eigenvalue weighted by Crippen LogP contribution is 2.27. The van der Waals surface area contributed by atoms with Gasteiger partial charge in [-0.2, -0.15) is 0 Å². The second-order valence-corrected chi connectivity index (χ2v) is 9.91. The number of amides is 1. The summed E-state index contributed by atoms with van der Waals surface area (Å²) in [6.07, 6.45) is 5.64. The number of benzene rings is 3. The van der Waals surface area contributed by atoms with E-state index >= 15 is 0 Å². The van der Waals surface area contributed by atoms with Gasteiger partial charge in [0.2, 0.25) is 0 Å². The van der Waals surface area contributed by atoms with Crippen LogP contribution in [0.4, 0.5) is 5.69 Å². The van der Waals surface area contributed by atoms with E-state index in [0.717, 1.165) is 49.5 Å². The minimum absolute atomic E-state index is 0.131. The maximum absolute atomic E-state index is 12.4. The quantitative estimate of drug-likeness (QED) is 0.226. The van der Waals surface area contributed by atoms with Crippen LogP contribution in [0.3, 0.4) is 0 Å². The van der Waals surface area contributed by atoms with Gasteiger partial charge < -0.3 is 20.1 Å². The van der Waals surface area contributed by atoms with Crippen molar-refractivity contribution in [1.29, 1.82) is 0 Å². The molecule has 212 valence electrons. The molecule has 3 aromatic carbocycles. The lowest BCUT2D eigenvalue weighted by molar-refractivity contribution is -0.134. The number of carboxylic acids is 2. The molecule has 0 unspecified atom stereocenters. The number of likely N-dealkylation sites (tertiary alicyclic amines) is 1. The van der Waals surface area contributed by atoms with E-state index in [1.54, 1.807) is 12.1 Å². The Bertz CT molecular complexity index is 1460. The van der Waals surface area contributed by atoms with Gasteiger partial charge in [0.05, 0.1) is 5.69 Å². The fourth-order valence-electron chi connectivity index (χ4n) is 4.80. The molecule has 0 atom stereocenters. The van der Waals surface area contributed by atoms with Gasteiger partial charge in [-0.1, -0.05) is 53.7 Å². The van der Waals surface area contributed by atoms with E-state index < -0.39 is 11.9 Å². The lowest BCUT2D eigenvalue weighted by Gasteiger charge is -2.31. The van der Waals surface area contributed by atoms with Crippen molar-refractivity contribution in [2.75, 3.05) is 18.4 Å². The lowest BCUT2D eigenvalue weighted by Crippen LogP contribution is -2.33. The summed E-state index contributed by atoms with van der Waals surface area (Å²) in [5.41, 5.74) is 4.46. The standard InChI is InChI=1S/C28H29N3O2.C4H4O4/c32-28(23-9-5-2-6-10-23)29-24-12-13-25-26(30-33-27(25)19-24)14-11-21-15-17-31(18-16-21)20-22-7-3-1-4-8-22;5-3(6)1-2-4(7)8/h1-10,12-13,19,21H,11,14-18,20H2,(H,29,32);1-2H,(H,5,6)(H,7,8)/b;2-1-. The molecule has 3 N–H and O–H groups in total. The van der Waals surface area contributed by atoms with Crippen molar-refractivity contribution in [2.45, 2.75) is 32.2 Å². The number of carboxylic acid groups (broad SMARTS) is 2. The van der Waals surface area contributed by atoms with Crippen LogP contribution in [0.2, 0.25) is 0 Å². The number of fused-ring (bicyclic) bond motifs is 1. The predicted octanol–water partition coefficient (Wildman–Crippen LogP) is 5.64. The molecule has 0 bridgehead atoms. The highest BCUT2D eigenvalue weighted by atomic mass is 16.5. The summed E-state index contributed by atoms with van der Waals surface area (Å²) in [6, 6.07) is 25.7. The van der Waals surface area contributed by atoms with Crippen LogP contribution in [0, 0.1) is 5.92 Å². The van der Waals surface area contributed by atoms with Crippen LogP contribution < -0.4 is 5.32 Å². The molecule has 1 fully saturated rings. The van der Waals surface area contributed by atoms with Crippen molar-refractivity contribution in [3.63, 3.8) is 0 Å². The molecule has 0 aliphatic carbocycles. The van der Waals surface area contributed by atoms with Crippen molar-refractivity contribution >= 4 is 34.5 Å². The average Bonchev–Trinajstić information content (AvgIpc) is 3.39. The number of piperidine rings is 1. The monoisotopic (exact) mass is 555 g/mol. The van der Waals surface area contributed by atoms with Crippen LogP contribution in [0.25, 0.3) is 11.0 Å². The van der Waals surface area contributed by atoms with Crippen LogP contribution in [-0.2, 0) is 22.6 Å². The largest absolute Gasteiger partial charge is 0.478 e. The number of rotatable bonds is 9. The van der Waals surface area contributed by atoms with Crippen LogP contribution in [-0.4, -0.2) is 51.2 Å². The Hall–Kier alpha value is -4.76. The SMILES string of the molecule is O=C(Nc1ccc2c(CCC3CCN(Cc4ccccc4)CC3)noc2c1)c1ccccc1.O=C(O)/C=C\C(=O)O. The molecule has 41 heavy (non-hydrogen) atoms. The van der Waals surface area contributed by atoms with Crippen molar-refractivity contribution < 1.29 is 29.1 Å². The molecule has 1 aliphatic heterocycles. The molecule has 9 heteroatoms. The van der Waals surface area contributed by atoms with Gasteiger partial charge in [-0.15, -0.1) is 0 Å². The number of aromatic nitrogens is 1. The molecular weight excluding hydrogens is 522 g/mol. The molecule has 1 amide bonds. The third-order valence-corrected chi connectivity index (χ3v) is 6.95. The van der Waals surface area contributed by atoms with Gasteiger partial charge in [0, 0.05) is 41.4 Å². The molecule has 5 rings (SSSR count). The van der Waals surface area contributed by atoms with Gasteiger partial charge in [0.25, 0.3) is 5.91 Å². The summed E-state index contributed by atoms with van der Waals surface area (Å²) in [6.45, 7) is 3.36. The number of carbonyl (C=O) groups excluding carboxylic acids is 1. The summed E-state index contributed by atoms with van der Waals surface area (Å²) in [5.74, 6) is -1.92. The molecule has 1 aromatic heterocycles. The van der Waals surface area contributed by atoms with Gasteiger partial charge in [-0.3, -0.25) is 9.69 Å². The second kappa shape index (κ2) is 14.6. The molecule has 2 heterocycles. The van der Waals surface area contributed by atoms with Gasteiger partial charge in [0.1, 0.15) is 0 Å². The third-order valence-electron chi connectivity index (χ3n) is 6.95. The third kappa shape index (κ3) is 9.15. The van der Waals surface area contributed by atoms with Crippen molar-refractivity contribution in [2.24, 2.45) is 5.92 Å². The Morgan fingerprint density at radius 3 is 2.17 bits per heavy atom. The van der Waals surface area contributed by atoms with Gasteiger partial charge in [-0.25, -0.2) is 9.59 Å². The Morgan fingerprint density at radius 1 is 0.902 bits per heavy atom. The number of nitrogens with one attached hydrogen (secondary N) is 1. The Labute approximate surface area is 238 Å². The van der Waals surface area contributed by atoms with Gasteiger partial charge >= 0.3 is 11.9 Å². The average molecular weight is 556 g/mol. The van der Waals surface area contributed by atoms with Crippen LogP contribution in [0.5, 0.6) is 0 Å². The number of carbonyl (C=O) groups is 3. The highest BCUT2D eigenvalue weighted by Gasteiger charge is 2.20. The minimum atomic E-state index is -1.26. The Kier molecular flexibility index (Phi) is 10.4. The summed E-state index contributed by atoms with van der Waals surface area (Å²) in [4.78, 5) is 34.1. The maximum atomic E-state index is 12.4. The number of hydrogen-bond acceptors (Lipinski definition) is 6. The highest BCUT2D eigenvalue weighted by molar-refractivity contribution is 6.05. The first-order valence-corrected chi connectivity index (χ1v) is 13.5. The number of hydrogen-bond donors (Lipinski definition) is 3. The summed E-state index contributed by atoms with van der Waals surface area (Å²) in [7, 11) is 0. The van der Waals surface area contributed by atoms with Crippen molar-refractivity contribution in [3.05, 3.63) is 108 Å². The first-order chi connectivity index (χ1) is 19.9. The molecule has 0 spiro atoms. The predicted molar refractivity (Wildman–Crippen MR) is 156 cm³/mol. The van der Waals surface area contributed by atoms with Gasteiger partial charge in [-0.05, 0) is 74.5 Å². The van der Waals surface area contributed by atoms with E-state index in [1.165, 1.54) is 18.4 Å². The van der Waals surface area contributed by atoms with E-state index in [1.807, 2.05) is 36.4 Å². The van der Waals surface area contributed by atoms with E-state index in [9.17, 15) is 14.4 Å². The molecule has 0 saturated carbocycles. The fraction of sp³-hybridized carbons (Fsp3) is 0.250.